The Bertz CT molecular complexity index is 646. The molecule has 2 aromatic rings. The molecular weight excluding hydrogens is 334 g/mol. The van der Waals surface area contributed by atoms with Gasteiger partial charge in [-0.3, -0.25) is 0 Å². The van der Waals surface area contributed by atoms with Gasteiger partial charge in [0.05, 0.1) is 5.56 Å². The molecule has 0 atom stereocenters. The van der Waals surface area contributed by atoms with Crippen molar-refractivity contribution in [3.8, 4) is 11.6 Å². The van der Waals surface area contributed by atoms with Crippen LogP contribution in [0.1, 0.15) is 15.9 Å². The second kappa shape index (κ2) is 5.59. The van der Waals surface area contributed by atoms with Crippen molar-refractivity contribution in [2.24, 2.45) is 0 Å². The van der Waals surface area contributed by atoms with Crippen molar-refractivity contribution < 1.29 is 14.6 Å². The maximum Gasteiger partial charge on any atom is 0.337 e. The monoisotopic (exact) mass is 341 g/mol. The normalized spacial score (nSPS) is 10.3. The van der Waals surface area contributed by atoms with E-state index in [-0.39, 0.29) is 16.5 Å². The van der Waals surface area contributed by atoms with E-state index in [4.69, 9.17) is 21.4 Å². The van der Waals surface area contributed by atoms with E-state index in [1.807, 2.05) is 13.0 Å². The third-order valence-corrected chi connectivity index (χ3v) is 3.69. The number of carbonyl (C=O) groups is 1. The smallest absolute Gasteiger partial charge is 0.337 e. The fourth-order valence-electron chi connectivity index (χ4n) is 1.45. The number of aryl methyl sites for hydroxylation is 1. The van der Waals surface area contributed by atoms with Gasteiger partial charge in [-0.05, 0) is 36.8 Å². The molecule has 0 aliphatic carbocycles. The number of halogens is 2. The molecule has 0 bridgehead atoms. The lowest BCUT2D eigenvalue weighted by molar-refractivity contribution is 0.0696. The zero-order valence-corrected chi connectivity index (χ0v) is 12.2. The Hall–Kier alpha value is -1.59. The van der Waals surface area contributed by atoms with Crippen molar-refractivity contribution in [2.45, 2.75) is 6.92 Å². The second-order valence-corrected chi connectivity index (χ2v) is 5.03. The van der Waals surface area contributed by atoms with Gasteiger partial charge in [0.1, 0.15) is 10.8 Å². The van der Waals surface area contributed by atoms with Gasteiger partial charge in [0.25, 0.3) is 0 Å². The van der Waals surface area contributed by atoms with Crippen LogP contribution in [0.3, 0.4) is 0 Å². The average Bonchev–Trinajstić information content (AvgIpc) is 2.36. The Labute approximate surface area is 123 Å². The first-order valence-electron chi connectivity index (χ1n) is 5.31. The van der Waals surface area contributed by atoms with Crippen molar-refractivity contribution in [1.82, 2.24) is 4.98 Å². The van der Waals surface area contributed by atoms with Crippen LogP contribution in [0.25, 0.3) is 0 Å². The number of rotatable bonds is 3. The molecule has 0 saturated heterocycles. The number of benzene rings is 1. The highest BCUT2D eigenvalue weighted by molar-refractivity contribution is 9.10. The SMILES string of the molecule is Cc1cc(Oc2nccc(C(=O)O)c2Cl)ccc1Br. The molecule has 0 aliphatic heterocycles. The predicted molar refractivity (Wildman–Crippen MR) is 75.2 cm³/mol. The summed E-state index contributed by atoms with van der Waals surface area (Å²) in [6.07, 6.45) is 1.34. The molecule has 4 nitrogen and oxygen atoms in total. The topological polar surface area (TPSA) is 59.4 Å². The summed E-state index contributed by atoms with van der Waals surface area (Å²) in [5.74, 6) is -0.509. The summed E-state index contributed by atoms with van der Waals surface area (Å²) >= 11 is 9.33. The van der Waals surface area contributed by atoms with E-state index in [9.17, 15) is 4.79 Å². The van der Waals surface area contributed by atoms with Crippen LogP contribution in [0, 0.1) is 6.92 Å². The maximum atomic E-state index is 11.0. The minimum Gasteiger partial charge on any atom is -0.478 e. The van der Waals surface area contributed by atoms with E-state index in [0.29, 0.717) is 5.75 Å². The van der Waals surface area contributed by atoms with Gasteiger partial charge in [0.2, 0.25) is 5.88 Å². The molecule has 0 fully saturated rings. The summed E-state index contributed by atoms with van der Waals surface area (Å²) in [6.45, 7) is 1.92. The molecule has 1 heterocycles. The zero-order chi connectivity index (χ0) is 14.0. The zero-order valence-electron chi connectivity index (χ0n) is 9.85. The van der Waals surface area contributed by atoms with Crippen molar-refractivity contribution >= 4 is 33.5 Å². The summed E-state index contributed by atoms with van der Waals surface area (Å²) in [6, 6.07) is 6.70. The third-order valence-electron chi connectivity index (χ3n) is 2.43. The van der Waals surface area contributed by atoms with Gasteiger partial charge in [-0.1, -0.05) is 27.5 Å². The molecule has 2 rings (SSSR count). The number of nitrogens with zero attached hydrogens (tertiary/aromatic N) is 1. The number of hydrogen-bond donors (Lipinski definition) is 1. The van der Waals surface area contributed by atoms with E-state index < -0.39 is 5.97 Å². The average molecular weight is 343 g/mol. The molecule has 0 aliphatic rings. The summed E-state index contributed by atoms with van der Waals surface area (Å²) in [5, 5.41) is 8.94. The molecule has 0 saturated carbocycles. The van der Waals surface area contributed by atoms with Crippen LogP contribution in [0.5, 0.6) is 11.6 Å². The van der Waals surface area contributed by atoms with Crippen molar-refractivity contribution in [2.75, 3.05) is 0 Å². The molecule has 1 aromatic carbocycles. The van der Waals surface area contributed by atoms with Crippen LogP contribution in [0.4, 0.5) is 0 Å². The standard InChI is InChI=1S/C13H9BrClNO3/c1-7-6-8(2-3-10(7)14)19-12-11(15)9(13(17)18)4-5-16-12/h2-6H,1H3,(H,17,18). The summed E-state index contributed by atoms with van der Waals surface area (Å²) in [5.41, 5.74) is 0.948. The first-order valence-corrected chi connectivity index (χ1v) is 6.48. The van der Waals surface area contributed by atoms with Crippen LogP contribution in [0.15, 0.2) is 34.9 Å². The van der Waals surface area contributed by atoms with Crippen molar-refractivity contribution in [3.05, 3.63) is 51.1 Å². The molecular formula is C13H9BrClNO3. The van der Waals surface area contributed by atoms with Gasteiger partial charge >= 0.3 is 5.97 Å². The molecule has 0 radical (unpaired) electrons. The van der Waals surface area contributed by atoms with Gasteiger partial charge in [-0.25, -0.2) is 9.78 Å². The summed E-state index contributed by atoms with van der Waals surface area (Å²) in [7, 11) is 0. The molecule has 0 unspecified atom stereocenters. The lowest BCUT2D eigenvalue weighted by Crippen LogP contribution is -2.00. The molecule has 1 aromatic heterocycles. The highest BCUT2D eigenvalue weighted by Gasteiger charge is 2.15. The minimum absolute atomic E-state index is 0.0180. The Morgan fingerprint density at radius 3 is 2.79 bits per heavy atom. The second-order valence-electron chi connectivity index (χ2n) is 3.80. The number of carboxylic acid groups (broad SMARTS) is 1. The fourth-order valence-corrected chi connectivity index (χ4v) is 1.93. The predicted octanol–water partition coefficient (Wildman–Crippen LogP) is 4.30. The Morgan fingerprint density at radius 1 is 1.42 bits per heavy atom. The Kier molecular flexibility index (Phi) is 4.07. The Balaban J connectivity index is 2.35. The van der Waals surface area contributed by atoms with Gasteiger partial charge in [-0.2, -0.15) is 0 Å². The van der Waals surface area contributed by atoms with E-state index in [1.165, 1.54) is 12.3 Å². The summed E-state index contributed by atoms with van der Waals surface area (Å²) < 4.78 is 6.47. The van der Waals surface area contributed by atoms with E-state index in [0.717, 1.165) is 10.0 Å². The molecule has 0 spiro atoms. The van der Waals surface area contributed by atoms with Gasteiger partial charge in [0, 0.05) is 10.7 Å². The maximum absolute atomic E-state index is 11.0. The molecule has 19 heavy (non-hydrogen) atoms. The van der Waals surface area contributed by atoms with Crippen LogP contribution >= 0.6 is 27.5 Å². The number of hydrogen-bond acceptors (Lipinski definition) is 3. The van der Waals surface area contributed by atoms with E-state index >= 15 is 0 Å². The quantitative estimate of drug-likeness (QED) is 0.903. The number of aromatic carboxylic acids is 1. The first-order chi connectivity index (χ1) is 8.99. The van der Waals surface area contributed by atoms with Crippen LogP contribution in [-0.4, -0.2) is 16.1 Å². The number of aromatic nitrogens is 1. The number of ether oxygens (including phenoxy) is 1. The largest absolute Gasteiger partial charge is 0.478 e. The molecule has 98 valence electrons. The molecule has 1 N–H and O–H groups in total. The van der Waals surface area contributed by atoms with Crippen molar-refractivity contribution in [1.29, 1.82) is 0 Å². The fraction of sp³-hybridized carbons (Fsp3) is 0.0769. The minimum atomic E-state index is -1.12. The first kappa shape index (κ1) is 13.8. The van der Waals surface area contributed by atoms with Crippen molar-refractivity contribution in [3.63, 3.8) is 0 Å². The number of pyridine rings is 1. The number of carboxylic acids is 1. The van der Waals surface area contributed by atoms with Crippen LogP contribution < -0.4 is 4.74 Å². The molecule has 0 amide bonds. The third kappa shape index (κ3) is 3.05. The van der Waals surface area contributed by atoms with E-state index in [1.54, 1.807) is 12.1 Å². The van der Waals surface area contributed by atoms with Gasteiger partial charge in [0.15, 0.2) is 0 Å². The lowest BCUT2D eigenvalue weighted by Gasteiger charge is -2.09. The summed E-state index contributed by atoms with van der Waals surface area (Å²) in [4.78, 5) is 14.9. The van der Waals surface area contributed by atoms with E-state index in [2.05, 4.69) is 20.9 Å². The van der Waals surface area contributed by atoms with Crippen LogP contribution in [0.2, 0.25) is 5.02 Å². The lowest BCUT2D eigenvalue weighted by atomic mass is 10.2. The highest BCUT2D eigenvalue weighted by atomic mass is 79.9. The van der Waals surface area contributed by atoms with Crippen LogP contribution in [-0.2, 0) is 0 Å². The van der Waals surface area contributed by atoms with Gasteiger partial charge < -0.3 is 9.84 Å². The Morgan fingerprint density at radius 2 is 2.16 bits per heavy atom. The molecule has 6 heteroatoms. The van der Waals surface area contributed by atoms with Gasteiger partial charge in [-0.15, -0.1) is 0 Å². The highest BCUT2D eigenvalue weighted by Crippen LogP contribution is 2.31.